The smallest absolute Gasteiger partial charge is 0.388 e. The zero-order chi connectivity index (χ0) is 19.3. The molecular formula is C19H20ClN2O4P. The van der Waals surface area contributed by atoms with E-state index < -0.39 is 7.82 Å². The van der Waals surface area contributed by atoms with Gasteiger partial charge in [0, 0.05) is 16.1 Å². The first kappa shape index (κ1) is 19.8. The summed E-state index contributed by atoms with van der Waals surface area (Å²) in [5, 5.41) is 0.588. The normalized spacial score (nSPS) is 14.0. The molecule has 2 aromatic rings. The van der Waals surface area contributed by atoms with Crippen molar-refractivity contribution in [1.29, 1.82) is 0 Å². The third-order valence-electron chi connectivity index (χ3n) is 3.70. The molecule has 0 saturated heterocycles. The van der Waals surface area contributed by atoms with Crippen LogP contribution in [0.25, 0.3) is 0 Å². The van der Waals surface area contributed by atoms with E-state index in [1.54, 1.807) is 13.8 Å². The molecule has 6 nitrogen and oxygen atoms in total. The van der Waals surface area contributed by atoms with Crippen molar-refractivity contribution in [3.63, 3.8) is 0 Å². The number of hydrogen-bond acceptors (Lipinski definition) is 6. The summed E-state index contributed by atoms with van der Waals surface area (Å²) in [5.74, 6) is 0.162. The van der Waals surface area contributed by atoms with Gasteiger partial charge in [0.2, 0.25) is 5.90 Å². The van der Waals surface area contributed by atoms with Gasteiger partial charge in [-0.15, -0.1) is 0 Å². The summed E-state index contributed by atoms with van der Waals surface area (Å²) < 4.78 is 28.6. The first-order valence-corrected chi connectivity index (χ1v) is 10.4. The van der Waals surface area contributed by atoms with E-state index in [9.17, 15) is 4.57 Å². The average molecular weight is 407 g/mol. The Bertz CT molecular complexity index is 919. The van der Waals surface area contributed by atoms with Crippen molar-refractivity contribution < 1.29 is 18.1 Å². The molecule has 0 saturated carbocycles. The fourth-order valence-corrected chi connectivity index (χ4v) is 4.04. The highest BCUT2D eigenvalue weighted by Gasteiger charge is 2.30. The molecule has 0 amide bonds. The first-order valence-electron chi connectivity index (χ1n) is 8.61. The molecule has 0 atom stereocenters. The molecule has 0 fully saturated rings. The van der Waals surface area contributed by atoms with Gasteiger partial charge in [0.1, 0.15) is 6.54 Å². The second-order valence-corrected chi connectivity index (χ2v) is 7.54. The molecule has 0 bridgehead atoms. The molecule has 8 heteroatoms. The number of benzene rings is 2. The molecule has 27 heavy (non-hydrogen) atoms. The quantitative estimate of drug-likeness (QED) is 0.601. The number of rotatable bonds is 6. The Kier molecular flexibility index (Phi) is 6.45. The number of nitrogens with zero attached hydrogens (tertiary/aromatic N) is 2. The number of halogens is 1. The summed E-state index contributed by atoms with van der Waals surface area (Å²) in [6, 6.07) is 15.0. The van der Waals surface area contributed by atoms with Crippen LogP contribution in [-0.2, 0) is 18.1 Å². The van der Waals surface area contributed by atoms with Crippen LogP contribution in [0.15, 0.2) is 58.5 Å². The molecule has 1 aliphatic rings. The largest absolute Gasteiger partial charge is 0.531 e. The number of aliphatic imine (C=N–C) groups is 2. The van der Waals surface area contributed by atoms with E-state index in [2.05, 4.69) is 9.98 Å². The predicted molar refractivity (Wildman–Crippen MR) is 107 cm³/mol. The Labute approximate surface area is 163 Å². The summed E-state index contributed by atoms with van der Waals surface area (Å²) in [4.78, 5) is 9.12. The average Bonchev–Trinajstić information content (AvgIpc) is 2.81. The van der Waals surface area contributed by atoms with Gasteiger partial charge >= 0.3 is 7.82 Å². The summed E-state index contributed by atoms with van der Waals surface area (Å²) in [6.07, 6.45) is 0. The molecule has 1 heterocycles. The van der Waals surface area contributed by atoms with Crippen LogP contribution in [0.3, 0.4) is 0 Å². The maximum absolute atomic E-state index is 12.7. The number of phosphoric ester groups is 1. The lowest BCUT2D eigenvalue weighted by molar-refractivity contribution is 0.164. The van der Waals surface area contributed by atoms with Crippen molar-refractivity contribution in [2.75, 3.05) is 19.8 Å². The number of para-hydroxylation sites is 1. The van der Waals surface area contributed by atoms with Crippen LogP contribution >= 0.6 is 19.4 Å². The molecule has 0 N–H and O–H groups in total. The van der Waals surface area contributed by atoms with Crippen LogP contribution < -0.4 is 0 Å². The predicted octanol–water partition coefficient (Wildman–Crippen LogP) is 5.42. The van der Waals surface area contributed by atoms with E-state index in [0.29, 0.717) is 16.4 Å². The van der Waals surface area contributed by atoms with E-state index in [1.165, 1.54) is 0 Å². The lowest BCUT2D eigenvalue weighted by Gasteiger charge is -2.17. The van der Waals surface area contributed by atoms with Crippen molar-refractivity contribution in [3.8, 4) is 0 Å². The topological polar surface area (TPSA) is 69.5 Å². The van der Waals surface area contributed by atoms with Gasteiger partial charge in [0.05, 0.1) is 24.6 Å². The minimum Gasteiger partial charge on any atom is -0.388 e. The highest BCUT2D eigenvalue weighted by molar-refractivity contribution is 7.49. The van der Waals surface area contributed by atoms with Crippen molar-refractivity contribution in [2.45, 2.75) is 13.8 Å². The van der Waals surface area contributed by atoms with E-state index in [1.807, 2.05) is 48.5 Å². The number of fused-ring (bicyclic) bond motifs is 1. The monoisotopic (exact) mass is 406 g/mol. The lowest BCUT2D eigenvalue weighted by atomic mass is 10.0. The van der Waals surface area contributed by atoms with Crippen LogP contribution in [-0.4, -0.2) is 31.4 Å². The molecule has 3 rings (SSSR count). The van der Waals surface area contributed by atoms with Crippen LogP contribution in [0.5, 0.6) is 0 Å². The highest BCUT2D eigenvalue weighted by atomic mass is 35.5. The second-order valence-electron chi connectivity index (χ2n) is 5.54. The maximum Gasteiger partial charge on any atom is 0.531 e. The van der Waals surface area contributed by atoms with Crippen molar-refractivity contribution in [1.82, 2.24) is 0 Å². The maximum atomic E-state index is 12.7. The lowest BCUT2D eigenvalue weighted by Crippen LogP contribution is -2.11. The van der Waals surface area contributed by atoms with Gasteiger partial charge < -0.3 is 4.52 Å². The van der Waals surface area contributed by atoms with Crippen LogP contribution in [0, 0.1) is 0 Å². The van der Waals surface area contributed by atoms with Gasteiger partial charge in [0.25, 0.3) is 0 Å². The molecule has 142 valence electrons. The molecule has 0 aliphatic carbocycles. The van der Waals surface area contributed by atoms with Gasteiger partial charge in [-0.05, 0) is 26.0 Å². The van der Waals surface area contributed by atoms with E-state index in [0.717, 1.165) is 11.1 Å². The standard InChI is InChI=1S/C19H20ClN2O4P/c1-3-24-27(23,25-4-2)26-18-13-21-19(14-9-5-7-11-16(14)20)15-10-6-8-12-17(15)22-18/h5-12H,3-4,13H2,1-2H3. The van der Waals surface area contributed by atoms with E-state index >= 15 is 0 Å². The highest BCUT2D eigenvalue weighted by Crippen LogP contribution is 2.50. The molecule has 0 spiro atoms. The van der Waals surface area contributed by atoms with Crippen LogP contribution in [0.1, 0.15) is 25.0 Å². The third kappa shape index (κ3) is 4.66. The van der Waals surface area contributed by atoms with Crippen LogP contribution in [0.2, 0.25) is 5.02 Å². The molecule has 2 aromatic carbocycles. The summed E-state index contributed by atoms with van der Waals surface area (Å²) in [7, 11) is -3.75. The molecule has 1 aliphatic heterocycles. The zero-order valence-corrected chi connectivity index (χ0v) is 16.7. The van der Waals surface area contributed by atoms with Crippen LogP contribution in [0.4, 0.5) is 5.69 Å². The van der Waals surface area contributed by atoms with Gasteiger partial charge in [-0.2, -0.15) is 0 Å². The van der Waals surface area contributed by atoms with Gasteiger partial charge in [-0.1, -0.05) is 48.0 Å². The van der Waals surface area contributed by atoms with Gasteiger partial charge in [0.15, 0.2) is 0 Å². The first-order chi connectivity index (χ1) is 13.1. The molecule has 0 radical (unpaired) electrons. The molecule has 0 aromatic heterocycles. The van der Waals surface area contributed by atoms with Gasteiger partial charge in [-0.25, -0.2) is 9.56 Å². The summed E-state index contributed by atoms with van der Waals surface area (Å²) in [5.41, 5.74) is 2.94. The minimum atomic E-state index is -3.75. The SMILES string of the molecule is CCOP(=O)(OCC)OC1=Nc2ccccc2C(c2ccccc2Cl)=NC1. The second kappa shape index (κ2) is 8.81. The molecular weight excluding hydrogens is 387 g/mol. The van der Waals surface area contributed by atoms with E-state index in [-0.39, 0.29) is 25.7 Å². The fourth-order valence-electron chi connectivity index (χ4n) is 2.64. The zero-order valence-electron chi connectivity index (χ0n) is 15.1. The molecule has 0 unspecified atom stereocenters. The Balaban J connectivity index is 2.01. The summed E-state index contributed by atoms with van der Waals surface area (Å²) in [6.45, 7) is 3.89. The summed E-state index contributed by atoms with van der Waals surface area (Å²) >= 11 is 6.37. The van der Waals surface area contributed by atoms with Gasteiger partial charge in [-0.3, -0.25) is 14.0 Å². The van der Waals surface area contributed by atoms with E-state index in [4.69, 9.17) is 25.2 Å². The third-order valence-corrected chi connectivity index (χ3v) is 5.61. The van der Waals surface area contributed by atoms with Crippen molar-refractivity contribution in [3.05, 3.63) is 64.7 Å². The van der Waals surface area contributed by atoms with Crippen molar-refractivity contribution in [2.24, 2.45) is 9.98 Å². The number of phosphoric acid groups is 1. The fraction of sp³-hybridized carbons (Fsp3) is 0.263. The minimum absolute atomic E-state index is 0.0827. The Morgan fingerprint density at radius 2 is 1.63 bits per heavy atom. The Morgan fingerprint density at radius 3 is 2.30 bits per heavy atom. The Hall–Kier alpha value is -1.98. The van der Waals surface area contributed by atoms with Crippen molar-refractivity contribution >= 4 is 36.7 Å². The number of hydrogen-bond donors (Lipinski definition) is 0. The Morgan fingerprint density at radius 1 is 1.00 bits per heavy atom.